The van der Waals surface area contributed by atoms with Crippen LogP contribution in [0, 0.1) is 17.0 Å². The van der Waals surface area contributed by atoms with Crippen LogP contribution in [0.25, 0.3) is 0 Å². The van der Waals surface area contributed by atoms with E-state index in [1.54, 1.807) is 6.20 Å². The maximum Gasteiger partial charge on any atom is 0.232 e. The minimum absolute atomic E-state index is 0.0800. The van der Waals surface area contributed by atoms with Gasteiger partial charge in [-0.15, -0.1) is 11.3 Å². The summed E-state index contributed by atoms with van der Waals surface area (Å²) in [6.45, 7) is 3.07. The molecule has 3 rings (SSSR count). The van der Waals surface area contributed by atoms with Crippen LogP contribution in [0.4, 0.5) is 13.9 Å². The van der Waals surface area contributed by atoms with Gasteiger partial charge in [-0.1, -0.05) is 6.92 Å². The smallest absolute Gasteiger partial charge is 0.232 e. The maximum absolute atomic E-state index is 13.7. The molecule has 2 aromatic rings. The Morgan fingerprint density at radius 3 is 2.88 bits per heavy atom. The molecule has 1 N–H and O–H groups in total. The Labute approximate surface area is 142 Å². The van der Waals surface area contributed by atoms with Crippen molar-refractivity contribution in [3.05, 3.63) is 46.5 Å². The average Bonchev–Trinajstić information content (AvgIpc) is 2.99. The van der Waals surface area contributed by atoms with Gasteiger partial charge < -0.3 is 10.1 Å². The number of nitrogens with one attached hydrogen (secondary N) is 1. The molecular weight excluding hydrogens is 334 g/mol. The van der Waals surface area contributed by atoms with Crippen molar-refractivity contribution in [1.82, 2.24) is 4.98 Å². The molecular formula is C17H18F2N2O2S. The van der Waals surface area contributed by atoms with E-state index < -0.39 is 17.0 Å². The second kappa shape index (κ2) is 6.94. The normalized spacial score (nSPS) is 16.8. The van der Waals surface area contributed by atoms with Crippen molar-refractivity contribution >= 4 is 22.4 Å². The number of rotatable bonds is 4. The van der Waals surface area contributed by atoms with Gasteiger partial charge in [0.1, 0.15) is 11.6 Å². The molecule has 4 nitrogen and oxygen atoms in total. The van der Waals surface area contributed by atoms with E-state index in [-0.39, 0.29) is 17.9 Å². The number of aromatic nitrogens is 1. The van der Waals surface area contributed by atoms with Gasteiger partial charge in [0, 0.05) is 30.7 Å². The van der Waals surface area contributed by atoms with E-state index >= 15 is 0 Å². The molecule has 24 heavy (non-hydrogen) atoms. The zero-order valence-electron chi connectivity index (χ0n) is 13.3. The predicted octanol–water partition coefficient (Wildman–Crippen LogP) is 3.77. The minimum atomic E-state index is -0.475. The Kier molecular flexibility index (Phi) is 4.91. The lowest BCUT2D eigenvalue weighted by atomic mass is 9.81. The number of halogens is 2. The van der Waals surface area contributed by atoms with Crippen LogP contribution in [0.3, 0.4) is 0 Å². The number of thiazole rings is 1. The molecule has 0 aliphatic carbocycles. The number of anilines is 1. The standard InChI is InChI=1S/C17H18F2N2O2S/c1-17(4-6-23-7-5-17)15(22)21-16-20-10-13(24-16)9-11-8-12(18)2-3-14(11)19/h2-3,8,10H,4-7,9H2,1H3,(H,20,21,22). The summed E-state index contributed by atoms with van der Waals surface area (Å²) in [5.74, 6) is -1.01. The van der Waals surface area contributed by atoms with Gasteiger partial charge in [0.15, 0.2) is 5.13 Å². The maximum atomic E-state index is 13.7. The summed E-state index contributed by atoms with van der Waals surface area (Å²) in [6.07, 6.45) is 3.16. The first-order valence-electron chi connectivity index (χ1n) is 7.74. The van der Waals surface area contributed by atoms with Crippen molar-refractivity contribution in [3.8, 4) is 0 Å². The van der Waals surface area contributed by atoms with E-state index in [9.17, 15) is 13.6 Å². The predicted molar refractivity (Wildman–Crippen MR) is 88.1 cm³/mol. The lowest BCUT2D eigenvalue weighted by Gasteiger charge is -2.31. The molecule has 1 saturated heterocycles. The highest BCUT2D eigenvalue weighted by Crippen LogP contribution is 2.32. The van der Waals surface area contributed by atoms with Crippen LogP contribution in [0.2, 0.25) is 0 Å². The molecule has 0 radical (unpaired) electrons. The number of carbonyl (C=O) groups excluding carboxylic acids is 1. The lowest BCUT2D eigenvalue weighted by Crippen LogP contribution is -2.38. The van der Waals surface area contributed by atoms with E-state index in [0.29, 0.717) is 31.2 Å². The van der Waals surface area contributed by atoms with Crippen molar-refractivity contribution in [1.29, 1.82) is 0 Å². The van der Waals surface area contributed by atoms with Crippen molar-refractivity contribution in [2.45, 2.75) is 26.2 Å². The number of hydrogen-bond donors (Lipinski definition) is 1. The fourth-order valence-corrected chi connectivity index (χ4v) is 3.44. The zero-order valence-corrected chi connectivity index (χ0v) is 14.1. The Morgan fingerprint density at radius 2 is 2.12 bits per heavy atom. The van der Waals surface area contributed by atoms with E-state index in [4.69, 9.17) is 4.74 Å². The van der Waals surface area contributed by atoms with Gasteiger partial charge in [-0.05, 0) is 36.6 Å². The van der Waals surface area contributed by atoms with E-state index in [0.717, 1.165) is 17.0 Å². The van der Waals surface area contributed by atoms with E-state index in [1.165, 1.54) is 17.4 Å². The Morgan fingerprint density at radius 1 is 1.38 bits per heavy atom. The average molecular weight is 352 g/mol. The summed E-state index contributed by atoms with van der Waals surface area (Å²) in [4.78, 5) is 17.4. The molecule has 128 valence electrons. The molecule has 1 fully saturated rings. The number of carbonyl (C=O) groups is 1. The first-order valence-corrected chi connectivity index (χ1v) is 8.56. The highest BCUT2D eigenvalue weighted by molar-refractivity contribution is 7.15. The molecule has 1 aliphatic heterocycles. The van der Waals surface area contributed by atoms with Gasteiger partial charge in [-0.3, -0.25) is 4.79 Å². The van der Waals surface area contributed by atoms with Crippen molar-refractivity contribution in [2.75, 3.05) is 18.5 Å². The summed E-state index contributed by atoms with van der Waals surface area (Å²) in [5, 5.41) is 3.30. The third-order valence-electron chi connectivity index (χ3n) is 4.29. The summed E-state index contributed by atoms with van der Waals surface area (Å²) >= 11 is 1.27. The van der Waals surface area contributed by atoms with Gasteiger partial charge in [0.05, 0.1) is 5.41 Å². The molecule has 1 aliphatic rings. The first-order chi connectivity index (χ1) is 11.5. The van der Waals surface area contributed by atoms with Gasteiger partial charge in [-0.25, -0.2) is 13.8 Å². The van der Waals surface area contributed by atoms with Crippen LogP contribution in [-0.4, -0.2) is 24.1 Å². The Hall–Kier alpha value is -1.86. The highest BCUT2D eigenvalue weighted by atomic mass is 32.1. The number of ether oxygens (including phenoxy) is 1. The largest absolute Gasteiger partial charge is 0.381 e. The van der Waals surface area contributed by atoms with E-state index in [1.807, 2.05) is 6.92 Å². The molecule has 7 heteroatoms. The Bertz CT molecular complexity index is 742. The fourth-order valence-electron chi connectivity index (χ4n) is 2.61. The lowest BCUT2D eigenvalue weighted by molar-refractivity contribution is -0.129. The molecule has 0 saturated carbocycles. The van der Waals surface area contributed by atoms with Gasteiger partial charge in [0.25, 0.3) is 0 Å². The molecule has 2 heterocycles. The van der Waals surface area contributed by atoms with Gasteiger partial charge >= 0.3 is 0 Å². The minimum Gasteiger partial charge on any atom is -0.381 e. The summed E-state index contributed by atoms with van der Waals surface area (Å²) in [5.41, 5.74) is -0.188. The molecule has 0 unspecified atom stereocenters. The molecule has 1 aromatic heterocycles. The quantitative estimate of drug-likeness (QED) is 0.911. The van der Waals surface area contributed by atoms with Crippen molar-refractivity contribution in [3.63, 3.8) is 0 Å². The van der Waals surface area contributed by atoms with Crippen LogP contribution in [0.15, 0.2) is 24.4 Å². The van der Waals surface area contributed by atoms with Crippen LogP contribution in [-0.2, 0) is 16.0 Å². The summed E-state index contributed by atoms with van der Waals surface area (Å²) in [6, 6.07) is 3.38. The molecule has 0 spiro atoms. The SMILES string of the molecule is CC1(C(=O)Nc2ncc(Cc3cc(F)ccc3F)s2)CCOCC1. The van der Waals surface area contributed by atoms with Crippen LogP contribution < -0.4 is 5.32 Å². The number of benzene rings is 1. The topological polar surface area (TPSA) is 51.2 Å². The zero-order chi connectivity index (χ0) is 17.2. The van der Waals surface area contributed by atoms with Crippen LogP contribution in [0.1, 0.15) is 30.2 Å². The van der Waals surface area contributed by atoms with Crippen LogP contribution in [0.5, 0.6) is 0 Å². The molecule has 1 aromatic carbocycles. The monoisotopic (exact) mass is 352 g/mol. The summed E-state index contributed by atoms with van der Waals surface area (Å²) in [7, 11) is 0. The number of nitrogens with zero attached hydrogens (tertiary/aromatic N) is 1. The second-order valence-electron chi connectivity index (χ2n) is 6.17. The Balaban J connectivity index is 1.67. The summed E-state index contributed by atoms with van der Waals surface area (Å²) < 4.78 is 32.2. The van der Waals surface area contributed by atoms with E-state index in [2.05, 4.69) is 10.3 Å². The van der Waals surface area contributed by atoms with Gasteiger partial charge in [-0.2, -0.15) is 0 Å². The highest BCUT2D eigenvalue weighted by Gasteiger charge is 2.35. The molecule has 1 amide bonds. The van der Waals surface area contributed by atoms with Gasteiger partial charge in [0.2, 0.25) is 5.91 Å². The fraction of sp³-hybridized carbons (Fsp3) is 0.412. The first kappa shape index (κ1) is 17.0. The third kappa shape index (κ3) is 3.79. The van der Waals surface area contributed by atoms with Crippen molar-refractivity contribution in [2.24, 2.45) is 5.41 Å². The number of hydrogen-bond acceptors (Lipinski definition) is 4. The van der Waals surface area contributed by atoms with Crippen molar-refractivity contribution < 1.29 is 18.3 Å². The molecule has 0 bridgehead atoms. The molecule has 0 atom stereocenters. The third-order valence-corrected chi connectivity index (χ3v) is 5.20. The second-order valence-corrected chi connectivity index (χ2v) is 7.29. The number of amides is 1. The van der Waals surface area contributed by atoms with Crippen LogP contribution >= 0.6 is 11.3 Å².